The van der Waals surface area contributed by atoms with Crippen LogP contribution in [0.1, 0.15) is 13.8 Å². The molecule has 3 rings (SSSR count). The zero-order valence-corrected chi connectivity index (χ0v) is 18.4. The highest BCUT2D eigenvalue weighted by atomic mass is 19.4. The number of allylic oxidation sites excluding steroid dienone is 1. The first-order valence-electron chi connectivity index (χ1n) is 10.2. The molecular formula is C22H27F3N6O. The Hall–Kier alpha value is -3.14. The largest absolute Gasteiger partial charge is 0.573 e. The maximum absolute atomic E-state index is 12.4. The molecule has 7 nitrogen and oxygen atoms in total. The lowest BCUT2D eigenvalue weighted by atomic mass is 10.1. The van der Waals surface area contributed by atoms with Gasteiger partial charge in [-0.05, 0) is 38.1 Å². The molecule has 1 aromatic heterocycles. The van der Waals surface area contributed by atoms with Gasteiger partial charge in [-0.2, -0.15) is 0 Å². The molecule has 0 spiro atoms. The minimum absolute atomic E-state index is 0.273. The van der Waals surface area contributed by atoms with E-state index in [-0.39, 0.29) is 5.75 Å². The second-order valence-corrected chi connectivity index (χ2v) is 7.53. The Morgan fingerprint density at radius 1 is 1.06 bits per heavy atom. The monoisotopic (exact) mass is 448 g/mol. The molecule has 2 N–H and O–H groups in total. The summed E-state index contributed by atoms with van der Waals surface area (Å²) in [5.74, 6) is 0.430. The number of aromatic nitrogens is 2. The number of anilines is 1. The lowest BCUT2D eigenvalue weighted by Gasteiger charge is -2.36. The van der Waals surface area contributed by atoms with Crippen molar-refractivity contribution >= 4 is 11.5 Å². The molecule has 0 radical (unpaired) electrons. The molecule has 10 heteroatoms. The summed E-state index contributed by atoms with van der Waals surface area (Å²) in [7, 11) is 1.76. The van der Waals surface area contributed by atoms with Crippen LogP contribution in [0.5, 0.6) is 5.75 Å². The number of halogens is 3. The molecule has 0 amide bonds. The maximum atomic E-state index is 12.4. The standard InChI is InChI=1S/C22H27F3N6O/c1-15(26)19(16(2)27-3)14-30-10-12-31(13-11-30)21-20(28-8-9-29-21)17-4-6-18(7-5-17)32-22(23,24)25/h4-9H,10-14,26H2,1-3H3/b19-15-,27-16?. The molecule has 172 valence electrons. The van der Waals surface area contributed by atoms with E-state index in [9.17, 15) is 13.2 Å². The van der Waals surface area contributed by atoms with Gasteiger partial charge in [0.25, 0.3) is 0 Å². The van der Waals surface area contributed by atoms with E-state index in [1.807, 2.05) is 13.8 Å². The number of hydrogen-bond donors (Lipinski definition) is 1. The number of alkyl halides is 3. The number of rotatable bonds is 6. The van der Waals surface area contributed by atoms with Crippen LogP contribution in [0.4, 0.5) is 19.0 Å². The summed E-state index contributed by atoms with van der Waals surface area (Å²) in [6, 6.07) is 5.66. The van der Waals surface area contributed by atoms with E-state index in [4.69, 9.17) is 5.73 Å². The van der Waals surface area contributed by atoms with Crippen LogP contribution >= 0.6 is 0 Å². The number of benzene rings is 1. The van der Waals surface area contributed by atoms with Gasteiger partial charge in [-0.3, -0.25) is 14.9 Å². The van der Waals surface area contributed by atoms with Crippen LogP contribution in [0.25, 0.3) is 11.3 Å². The molecule has 0 aliphatic carbocycles. The van der Waals surface area contributed by atoms with Crippen molar-refractivity contribution in [3.05, 3.63) is 47.9 Å². The molecule has 1 fully saturated rings. The molecule has 0 saturated carbocycles. The Balaban J connectivity index is 1.72. The van der Waals surface area contributed by atoms with E-state index in [1.54, 1.807) is 31.6 Å². The molecule has 1 aromatic carbocycles. The molecule has 0 atom stereocenters. The van der Waals surface area contributed by atoms with E-state index in [0.717, 1.165) is 49.7 Å². The van der Waals surface area contributed by atoms with Crippen LogP contribution in [0.3, 0.4) is 0 Å². The van der Waals surface area contributed by atoms with Crippen LogP contribution in [0.15, 0.2) is 52.9 Å². The topological polar surface area (TPSA) is 79.9 Å². The highest BCUT2D eigenvalue weighted by Crippen LogP contribution is 2.30. The lowest BCUT2D eigenvalue weighted by molar-refractivity contribution is -0.274. The maximum Gasteiger partial charge on any atom is 0.573 e. The van der Waals surface area contributed by atoms with E-state index < -0.39 is 6.36 Å². The first kappa shape index (κ1) is 23.5. The van der Waals surface area contributed by atoms with Crippen molar-refractivity contribution in [1.82, 2.24) is 14.9 Å². The van der Waals surface area contributed by atoms with Crippen molar-refractivity contribution < 1.29 is 17.9 Å². The van der Waals surface area contributed by atoms with Crippen molar-refractivity contribution in [2.24, 2.45) is 10.7 Å². The Morgan fingerprint density at radius 3 is 2.25 bits per heavy atom. The third kappa shape index (κ3) is 5.97. The number of piperazine rings is 1. The molecule has 1 aliphatic heterocycles. The quantitative estimate of drug-likeness (QED) is 0.682. The summed E-state index contributed by atoms with van der Waals surface area (Å²) >= 11 is 0. The average Bonchev–Trinajstić information content (AvgIpc) is 2.77. The van der Waals surface area contributed by atoms with E-state index in [2.05, 4.69) is 29.5 Å². The van der Waals surface area contributed by atoms with Crippen LogP contribution < -0.4 is 15.4 Å². The van der Waals surface area contributed by atoms with Gasteiger partial charge in [0.2, 0.25) is 0 Å². The van der Waals surface area contributed by atoms with Gasteiger partial charge < -0.3 is 15.4 Å². The smallest absolute Gasteiger partial charge is 0.406 e. The summed E-state index contributed by atoms with van der Waals surface area (Å²) in [5, 5.41) is 0. The summed E-state index contributed by atoms with van der Waals surface area (Å²) < 4.78 is 41.2. The first-order chi connectivity index (χ1) is 15.2. The summed E-state index contributed by atoms with van der Waals surface area (Å²) in [4.78, 5) is 17.6. The van der Waals surface area contributed by atoms with Crippen molar-refractivity contribution in [2.45, 2.75) is 20.2 Å². The second kappa shape index (κ2) is 9.99. The zero-order valence-electron chi connectivity index (χ0n) is 18.4. The second-order valence-electron chi connectivity index (χ2n) is 7.53. The highest BCUT2D eigenvalue weighted by Gasteiger charge is 2.31. The van der Waals surface area contributed by atoms with Crippen LogP contribution in [0.2, 0.25) is 0 Å². The van der Waals surface area contributed by atoms with Gasteiger partial charge in [-0.25, -0.2) is 4.98 Å². The van der Waals surface area contributed by atoms with Crippen LogP contribution in [-0.2, 0) is 0 Å². The van der Waals surface area contributed by atoms with Gasteiger partial charge in [0.15, 0.2) is 5.82 Å². The lowest BCUT2D eigenvalue weighted by Crippen LogP contribution is -2.48. The zero-order chi connectivity index (χ0) is 23.3. The molecule has 32 heavy (non-hydrogen) atoms. The third-order valence-electron chi connectivity index (χ3n) is 5.34. The van der Waals surface area contributed by atoms with Crippen LogP contribution in [-0.4, -0.2) is 66.7 Å². The number of aliphatic imine (C=N–C) groups is 1. The van der Waals surface area contributed by atoms with Gasteiger partial charge in [-0.1, -0.05) is 0 Å². The number of nitrogens with two attached hydrogens (primary N) is 1. The molecule has 1 aliphatic rings. The van der Waals surface area contributed by atoms with Gasteiger partial charge in [0, 0.05) is 74.7 Å². The molecular weight excluding hydrogens is 421 g/mol. The fourth-order valence-electron chi connectivity index (χ4n) is 3.58. The Bertz CT molecular complexity index is 976. The molecule has 1 saturated heterocycles. The van der Waals surface area contributed by atoms with Crippen molar-refractivity contribution in [2.75, 3.05) is 44.7 Å². The molecule has 2 aromatic rings. The Morgan fingerprint density at radius 2 is 1.69 bits per heavy atom. The van der Waals surface area contributed by atoms with Gasteiger partial charge in [-0.15, -0.1) is 13.2 Å². The molecule has 0 unspecified atom stereocenters. The van der Waals surface area contributed by atoms with E-state index in [0.29, 0.717) is 17.1 Å². The number of nitrogens with zero attached hydrogens (tertiary/aromatic N) is 5. The van der Waals surface area contributed by atoms with Gasteiger partial charge in [0.05, 0.1) is 0 Å². The van der Waals surface area contributed by atoms with E-state index >= 15 is 0 Å². The van der Waals surface area contributed by atoms with E-state index in [1.165, 1.54) is 12.1 Å². The predicted octanol–water partition coefficient (Wildman–Crippen LogP) is 3.49. The van der Waals surface area contributed by atoms with Crippen molar-refractivity contribution in [1.29, 1.82) is 0 Å². The number of ether oxygens (including phenoxy) is 1. The minimum Gasteiger partial charge on any atom is -0.406 e. The minimum atomic E-state index is -4.72. The fraction of sp³-hybridized carbons (Fsp3) is 0.409. The van der Waals surface area contributed by atoms with Crippen molar-refractivity contribution in [3.8, 4) is 17.0 Å². The van der Waals surface area contributed by atoms with Gasteiger partial charge in [0.1, 0.15) is 11.4 Å². The number of hydrogen-bond acceptors (Lipinski definition) is 7. The normalized spacial score (nSPS) is 16.7. The van der Waals surface area contributed by atoms with Crippen LogP contribution in [0, 0.1) is 0 Å². The first-order valence-corrected chi connectivity index (χ1v) is 10.2. The SMILES string of the molecule is CN=C(C)/C(CN1CCN(c2nccnc2-c2ccc(OC(F)(F)F)cc2)CC1)=C(/C)N. The third-order valence-corrected chi connectivity index (χ3v) is 5.34. The fourth-order valence-corrected chi connectivity index (χ4v) is 3.58. The Labute approximate surface area is 185 Å². The summed E-state index contributed by atoms with van der Waals surface area (Å²) in [5.41, 5.74) is 10.1. The molecule has 0 bridgehead atoms. The summed E-state index contributed by atoms with van der Waals surface area (Å²) in [6.07, 6.45) is -1.53. The predicted molar refractivity (Wildman–Crippen MR) is 119 cm³/mol. The average molecular weight is 448 g/mol. The molecule has 2 heterocycles. The Kier molecular flexibility index (Phi) is 7.34. The highest BCUT2D eigenvalue weighted by molar-refractivity contribution is 5.99. The van der Waals surface area contributed by atoms with Crippen molar-refractivity contribution in [3.63, 3.8) is 0 Å². The summed E-state index contributed by atoms with van der Waals surface area (Å²) in [6.45, 7) is 7.66. The van der Waals surface area contributed by atoms with Gasteiger partial charge >= 0.3 is 6.36 Å².